The van der Waals surface area contributed by atoms with Crippen molar-refractivity contribution in [2.75, 3.05) is 5.32 Å². The van der Waals surface area contributed by atoms with E-state index in [-0.39, 0.29) is 18.1 Å². The Balaban J connectivity index is 1.68. The molecule has 0 spiro atoms. The summed E-state index contributed by atoms with van der Waals surface area (Å²) in [6.07, 6.45) is -3.08. The molecule has 1 N–H and O–H groups in total. The number of para-hydroxylation sites is 1. The predicted octanol–water partition coefficient (Wildman–Crippen LogP) is 5.15. The average molecular weight is 410 g/mol. The monoisotopic (exact) mass is 409 g/mol. The first-order valence-corrected chi connectivity index (χ1v) is 8.52. The molecule has 28 heavy (non-hydrogen) atoms. The highest BCUT2D eigenvalue weighted by molar-refractivity contribution is 6.30. The Morgan fingerprint density at radius 1 is 1.21 bits per heavy atom. The fourth-order valence-corrected chi connectivity index (χ4v) is 2.72. The number of alkyl halides is 3. The molecule has 0 bridgehead atoms. The number of carbonyl (C=O) groups is 1. The molecule has 0 saturated heterocycles. The minimum atomic E-state index is -4.58. The lowest BCUT2D eigenvalue weighted by molar-refractivity contribution is -0.136. The SMILES string of the molecule is Cc1cc(Cl)ccc1OCn1ccc(C(=O)Nc2ccccc2C(F)(F)F)n1. The molecule has 1 amide bonds. The minimum Gasteiger partial charge on any atom is -0.471 e. The summed E-state index contributed by atoms with van der Waals surface area (Å²) < 4.78 is 46.1. The fraction of sp³-hybridized carbons (Fsp3) is 0.158. The van der Waals surface area contributed by atoms with E-state index in [2.05, 4.69) is 10.4 Å². The van der Waals surface area contributed by atoms with Crippen molar-refractivity contribution in [1.29, 1.82) is 0 Å². The molecule has 0 aliphatic carbocycles. The van der Waals surface area contributed by atoms with E-state index in [0.29, 0.717) is 10.8 Å². The molecule has 0 unspecified atom stereocenters. The van der Waals surface area contributed by atoms with E-state index in [4.69, 9.17) is 16.3 Å². The lowest BCUT2D eigenvalue weighted by Crippen LogP contribution is -2.17. The summed E-state index contributed by atoms with van der Waals surface area (Å²) in [6.45, 7) is 1.86. The number of halogens is 4. The van der Waals surface area contributed by atoms with Gasteiger partial charge >= 0.3 is 6.18 Å². The van der Waals surface area contributed by atoms with Gasteiger partial charge in [0.05, 0.1) is 11.3 Å². The summed E-state index contributed by atoms with van der Waals surface area (Å²) in [5, 5.41) is 6.86. The van der Waals surface area contributed by atoms with Gasteiger partial charge in [0.15, 0.2) is 12.4 Å². The number of benzene rings is 2. The van der Waals surface area contributed by atoms with Crippen molar-refractivity contribution in [3.05, 3.63) is 76.6 Å². The van der Waals surface area contributed by atoms with Gasteiger partial charge in [0.25, 0.3) is 5.91 Å². The lowest BCUT2D eigenvalue weighted by atomic mass is 10.1. The topological polar surface area (TPSA) is 56.1 Å². The molecule has 0 atom stereocenters. The lowest BCUT2D eigenvalue weighted by Gasteiger charge is -2.12. The Hall–Kier alpha value is -3.00. The third-order valence-electron chi connectivity index (χ3n) is 3.84. The first-order valence-electron chi connectivity index (χ1n) is 8.14. The van der Waals surface area contributed by atoms with Crippen molar-refractivity contribution < 1.29 is 22.7 Å². The maximum absolute atomic E-state index is 13.0. The second-order valence-corrected chi connectivity index (χ2v) is 6.36. The zero-order valence-electron chi connectivity index (χ0n) is 14.6. The van der Waals surface area contributed by atoms with Crippen LogP contribution in [-0.4, -0.2) is 15.7 Å². The highest BCUT2D eigenvalue weighted by atomic mass is 35.5. The van der Waals surface area contributed by atoms with Crippen LogP contribution in [-0.2, 0) is 12.9 Å². The largest absolute Gasteiger partial charge is 0.471 e. The zero-order valence-corrected chi connectivity index (χ0v) is 15.4. The first kappa shape index (κ1) is 19.8. The van der Waals surface area contributed by atoms with E-state index < -0.39 is 17.6 Å². The van der Waals surface area contributed by atoms with E-state index in [1.807, 2.05) is 6.92 Å². The number of anilines is 1. The number of hydrogen-bond donors (Lipinski definition) is 1. The molecule has 0 aliphatic heterocycles. The van der Waals surface area contributed by atoms with Gasteiger partial charge in [0, 0.05) is 11.2 Å². The maximum Gasteiger partial charge on any atom is 0.418 e. The summed E-state index contributed by atoms with van der Waals surface area (Å²) >= 11 is 5.89. The predicted molar refractivity (Wildman–Crippen MR) is 98.4 cm³/mol. The van der Waals surface area contributed by atoms with E-state index in [9.17, 15) is 18.0 Å². The summed E-state index contributed by atoms with van der Waals surface area (Å²) in [5.41, 5.74) is -0.457. The number of nitrogens with zero attached hydrogens (tertiary/aromatic N) is 2. The van der Waals surface area contributed by atoms with Crippen molar-refractivity contribution in [3.63, 3.8) is 0 Å². The van der Waals surface area contributed by atoms with Gasteiger partial charge in [-0.15, -0.1) is 0 Å². The van der Waals surface area contributed by atoms with Gasteiger partial charge in [-0.2, -0.15) is 18.3 Å². The van der Waals surface area contributed by atoms with Gasteiger partial charge in [0.1, 0.15) is 5.75 Å². The van der Waals surface area contributed by atoms with Crippen LogP contribution in [0.2, 0.25) is 5.02 Å². The number of aryl methyl sites for hydroxylation is 1. The highest BCUT2D eigenvalue weighted by Gasteiger charge is 2.33. The minimum absolute atomic E-state index is 0.0227. The van der Waals surface area contributed by atoms with Crippen molar-refractivity contribution in [2.24, 2.45) is 0 Å². The molecule has 5 nitrogen and oxygen atoms in total. The molecule has 0 aliphatic rings. The van der Waals surface area contributed by atoms with Gasteiger partial charge in [0.2, 0.25) is 0 Å². The van der Waals surface area contributed by atoms with Crippen LogP contribution in [0.4, 0.5) is 18.9 Å². The van der Waals surface area contributed by atoms with E-state index in [0.717, 1.165) is 11.6 Å². The summed E-state index contributed by atoms with van der Waals surface area (Å²) in [7, 11) is 0. The number of ether oxygens (including phenoxy) is 1. The fourth-order valence-electron chi connectivity index (χ4n) is 2.49. The molecule has 1 heterocycles. The molecule has 1 aromatic heterocycles. The van der Waals surface area contributed by atoms with Crippen LogP contribution in [0, 0.1) is 6.92 Å². The normalized spacial score (nSPS) is 11.3. The summed E-state index contributed by atoms with van der Waals surface area (Å²) in [4.78, 5) is 12.3. The Morgan fingerprint density at radius 3 is 2.68 bits per heavy atom. The number of nitrogens with one attached hydrogen (secondary N) is 1. The molecule has 0 saturated carbocycles. The molecular weight excluding hydrogens is 395 g/mol. The second kappa shape index (κ2) is 7.93. The number of aromatic nitrogens is 2. The third-order valence-corrected chi connectivity index (χ3v) is 4.08. The van der Waals surface area contributed by atoms with Crippen molar-refractivity contribution in [2.45, 2.75) is 19.8 Å². The van der Waals surface area contributed by atoms with Crippen LogP contribution >= 0.6 is 11.6 Å². The Bertz CT molecular complexity index is 1000. The van der Waals surface area contributed by atoms with Gasteiger partial charge < -0.3 is 10.1 Å². The number of carbonyl (C=O) groups excluding carboxylic acids is 1. The van der Waals surface area contributed by atoms with E-state index in [1.165, 1.54) is 35.1 Å². The Kier molecular flexibility index (Phi) is 5.60. The standard InChI is InChI=1S/C19H15ClF3N3O2/c1-12-10-13(20)6-7-17(12)28-11-26-9-8-16(25-26)18(27)24-15-5-3-2-4-14(15)19(21,22)23/h2-10H,11H2,1H3,(H,24,27). The van der Waals surface area contributed by atoms with Crippen LogP contribution in [0.15, 0.2) is 54.7 Å². The Morgan fingerprint density at radius 2 is 1.96 bits per heavy atom. The highest BCUT2D eigenvalue weighted by Crippen LogP contribution is 2.34. The molecule has 146 valence electrons. The van der Waals surface area contributed by atoms with Crippen molar-refractivity contribution in [1.82, 2.24) is 9.78 Å². The second-order valence-electron chi connectivity index (χ2n) is 5.92. The number of hydrogen-bond acceptors (Lipinski definition) is 3. The quantitative estimate of drug-likeness (QED) is 0.633. The van der Waals surface area contributed by atoms with Gasteiger partial charge in [-0.3, -0.25) is 4.79 Å². The van der Waals surface area contributed by atoms with Crippen LogP contribution in [0.3, 0.4) is 0 Å². The van der Waals surface area contributed by atoms with Crippen LogP contribution < -0.4 is 10.1 Å². The zero-order chi connectivity index (χ0) is 20.3. The summed E-state index contributed by atoms with van der Waals surface area (Å²) in [6, 6.07) is 11.3. The van der Waals surface area contributed by atoms with Crippen molar-refractivity contribution >= 4 is 23.2 Å². The van der Waals surface area contributed by atoms with Crippen LogP contribution in [0.1, 0.15) is 21.6 Å². The molecule has 3 rings (SSSR count). The molecule has 0 radical (unpaired) electrons. The molecule has 9 heteroatoms. The van der Waals surface area contributed by atoms with E-state index >= 15 is 0 Å². The third kappa shape index (κ3) is 4.64. The molecule has 3 aromatic rings. The molecular formula is C19H15ClF3N3O2. The maximum atomic E-state index is 13.0. The van der Waals surface area contributed by atoms with Crippen LogP contribution in [0.5, 0.6) is 5.75 Å². The van der Waals surface area contributed by atoms with Crippen LogP contribution in [0.25, 0.3) is 0 Å². The van der Waals surface area contributed by atoms with E-state index in [1.54, 1.807) is 18.2 Å². The van der Waals surface area contributed by atoms with Gasteiger partial charge in [-0.1, -0.05) is 23.7 Å². The number of rotatable bonds is 5. The molecule has 2 aromatic carbocycles. The Labute approximate surface area is 163 Å². The summed E-state index contributed by atoms with van der Waals surface area (Å²) in [5.74, 6) is -0.150. The first-order chi connectivity index (χ1) is 13.2. The number of amides is 1. The van der Waals surface area contributed by atoms with Crippen molar-refractivity contribution in [3.8, 4) is 5.75 Å². The molecule has 0 fully saturated rings. The average Bonchev–Trinajstić information content (AvgIpc) is 3.10. The van der Waals surface area contributed by atoms with Gasteiger partial charge in [-0.05, 0) is 48.9 Å². The van der Waals surface area contributed by atoms with Gasteiger partial charge in [-0.25, -0.2) is 4.68 Å². The smallest absolute Gasteiger partial charge is 0.418 e.